The molecule has 3 fully saturated rings. The molecule has 0 aromatic rings. The fraction of sp³-hybridized carbons (Fsp3) is 0.786. The Morgan fingerprint density at radius 2 is 2.05 bits per heavy atom. The van der Waals surface area contributed by atoms with Crippen LogP contribution in [0.4, 0.5) is 0 Å². The molecule has 2 bridgehead atoms. The van der Waals surface area contributed by atoms with Gasteiger partial charge in [-0.2, -0.15) is 0 Å². The van der Waals surface area contributed by atoms with Crippen LogP contribution in [-0.2, 0) is 14.8 Å². The SMILES string of the molecule is CC=CC(=O)N1C2CC3CCC2(CS1(=O)=O)C3(C)C. The van der Waals surface area contributed by atoms with Crippen LogP contribution in [-0.4, -0.2) is 30.4 Å². The molecule has 0 aromatic carbocycles. The molecule has 1 spiro atoms. The molecule has 0 radical (unpaired) electrons. The summed E-state index contributed by atoms with van der Waals surface area (Å²) in [7, 11) is -3.45. The predicted octanol–water partition coefficient (Wildman–Crippen LogP) is 1.93. The van der Waals surface area contributed by atoms with Crippen molar-refractivity contribution in [1.82, 2.24) is 4.31 Å². The van der Waals surface area contributed by atoms with Crippen molar-refractivity contribution in [2.75, 3.05) is 5.75 Å². The largest absolute Gasteiger partial charge is 0.269 e. The highest BCUT2D eigenvalue weighted by molar-refractivity contribution is 7.90. The van der Waals surface area contributed by atoms with E-state index in [0.717, 1.165) is 19.3 Å². The molecule has 3 rings (SSSR count). The fourth-order valence-electron chi connectivity index (χ4n) is 4.80. The second kappa shape index (κ2) is 3.62. The van der Waals surface area contributed by atoms with Crippen molar-refractivity contribution in [1.29, 1.82) is 0 Å². The van der Waals surface area contributed by atoms with Gasteiger partial charge in [-0.05, 0) is 43.6 Å². The summed E-state index contributed by atoms with van der Waals surface area (Å²) in [5.41, 5.74) is -0.191. The monoisotopic (exact) mass is 283 g/mol. The fourth-order valence-corrected chi connectivity index (χ4v) is 7.30. The van der Waals surface area contributed by atoms with E-state index in [1.165, 1.54) is 10.4 Å². The van der Waals surface area contributed by atoms with Crippen LogP contribution < -0.4 is 0 Å². The molecule has 4 nitrogen and oxygen atoms in total. The second-order valence-electron chi connectivity index (χ2n) is 6.76. The maximum absolute atomic E-state index is 12.4. The highest BCUT2D eigenvalue weighted by atomic mass is 32.2. The zero-order valence-electron chi connectivity index (χ0n) is 11.7. The number of carbonyl (C=O) groups is 1. The van der Waals surface area contributed by atoms with Crippen molar-refractivity contribution < 1.29 is 13.2 Å². The number of nitrogens with zero attached hydrogens (tertiary/aromatic N) is 1. The molecule has 1 heterocycles. The molecule has 19 heavy (non-hydrogen) atoms. The van der Waals surface area contributed by atoms with Gasteiger partial charge in [0.15, 0.2) is 0 Å². The first-order valence-electron chi connectivity index (χ1n) is 6.95. The van der Waals surface area contributed by atoms with Gasteiger partial charge in [0.25, 0.3) is 5.91 Å². The van der Waals surface area contributed by atoms with E-state index < -0.39 is 10.0 Å². The molecule has 3 atom stereocenters. The van der Waals surface area contributed by atoms with E-state index in [0.29, 0.717) is 5.92 Å². The first kappa shape index (κ1) is 13.2. The Labute approximate surface area is 114 Å². The summed E-state index contributed by atoms with van der Waals surface area (Å²) < 4.78 is 26.1. The van der Waals surface area contributed by atoms with Crippen molar-refractivity contribution in [3.8, 4) is 0 Å². The van der Waals surface area contributed by atoms with Gasteiger partial charge in [-0.25, -0.2) is 12.7 Å². The van der Waals surface area contributed by atoms with Gasteiger partial charge >= 0.3 is 0 Å². The quantitative estimate of drug-likeness (QED) is 0.691. The summed E-state index contributed by atoms with van der Waals surface area (Å²) in [5.74, 6) is 0.332. The predicted molar refractivity (Wildman–Crippen MR) is 72.8 cm³/mol. The molecule has 2 saturated carbocycles. The summed E-state index contributed by atoms with van der Waals surface area (Å²) in [5, 5.41) is 0. The van der Waals surface area contributed by atoms with Gasteiger partial charge in [-0.15, -0.1) is 0 Å². The molecule has 1 saturated heterocycles. The van der Waals surface area contributed by atoms with Gasteiger partial charge in [-0.3, -0.25) is 4.79 Å². The number of hydrogen-bond donors (Lipinski definition) is 0. The van der Waals surface area contributed by atoms with E-state index in [1.807, 2.05) is 0 Å². The molecule has 1 aliphatic heterocycles. The first-order chi connectivity index (χ1) is 8.76. The number of sulfonamides is 1. The lowest BCUT2D eigenvalue weighted by Crippen LogP contribution is -2.43. The van der Waals surface area contributed by atoms with Crippen molar-refractivity contribution in [2.24, 2.45) is 16.7 Å². The number of rotatable bonds is 1. The zero-order valence-corrected chi connectivity index (χ0v) is 12.5. The summed E-state index contributed by atoms with van der Waals surface area (Å²) in [6, 6.07) is -0.116. The van der Waals surface area contributed by atoms with Gasteiger partial charge in [0.1, 0.15) is 0 Å². The molecule has 0 N–H and O–H groups in total. The van der Waals surface area contributed by atoms with Crippen LogP contribution in [0.15, 0.2) is 12.2 Å². The average molecular weight is 283 g/mol. The summed E-state index contributed by atoms with van der Waals surface area (Å²) >= 11 is 0. The Morgan fingerprint density at radius 3 is 2.63 bits per heavy atom. The third-order valence-corrected chi connectivity index (χ3v) is 7.85. The number of amides is 1. The van der Waals surface area contributed by atoms with Crippen molar-refractivity contribution in [3.63, 3.8) is 0 Å². The van der Waals surface area contributed by atoms with E-state index in [-0.39, 0.29) is 28.5 Å². The smallest absolute Gasteiger partial charge is 0.259 e. The Hall–Kier alpha value is -0.840. The van der Waals surface area contributed by atoms with Crippen molar-refractivity contribution in [3.05, 3.63) is 12.2 Å². The molecule has 106 valence electrons. The minimum absolute atomic E-state index is 0.0235. The van der Waals surface area contributed by atoms with Crippen LogP contribution in [0.1, 0.15) is 40.0 Å². The molecule has 5 heteroatoms. The van der Waals surface area contributed by atoms with E-state index in [1.54, 1.807) is 13.0 Å². The lowest BCUT2D eigenvalue weighted by atomic mass is 9.69. The first-order valence-corrected chi connectivity index (χ1v) is 8.56. The molecular weight excluding hydrogens is 262 g/mol. The lowest BCUT2D eigenvalue weighted by molar-refractivity contribution is -0.124. The highest BCUT2D eigenvalue weighted by Gasteiger charge is 2.72. The van der Waals surface area contributed by atoms with Crippen LogP contribution >= 0.6 is 0 Å². The Morgan fingerprint density at radius 1 is 1.37 bits per heavy atom. The summed E-state index contributed by atoms with van der Waals surface area (Å²) in [4.78, 5) is 12.1. The number of fused-ring (bicyclic) bond motifs is 1. The third-order valence-electron chi connectivity index (χ3n) is 5.94. The summed E-state index contributed by atoms with van der Waals surface area (Å²) in [6.45, 7) is 6.11. The Bertz CT molecular complexity index is 563. The number of hydrogen-bond acceptors (Lipinski definition) is 3. The van der Waals surface area contributed by atoms with E-state index >= 15 is 0 Å². The van der Waals surface area contributed by atoms with Crippen LogP contribution in [0.25, 0.3) is 0 Å². The molecule has 3 unspecified atom stereocenters. The molecule has 1 amide bonds. The van der Waals surface area contributed by atoms with E-state index in [9.17, 15) is 13.2 Å². The van der Waals surface area contributed by atoms with Gasteiger partial charge in [-0.1, -0.05) is 19.9 Å². The van der Waals surface area contributed by atoms with Gasteiger partial charge < -0.3 is 0 Å². The van der Waals surface area contributed by atoms with Gasteiger partial charge in [0.05, 0.1) is 11.8 Å². The van der Waals surface area contributed by atoms with Crippen LogP contribution in [0.3, 0.4) is 0 Å². The number of allylic oxidation sites excluding steroid dienone is 1. The van der Waals surface area contributed by atoms with E-state index in [2.05, 4.69) is 13.8 Å². The standard InChI is InChI=1S/C14H21NO3S/c1-4-5-12(16)15-11-8-10-6-7-14(11,13(10,2)3)9-19(15,17)18/h4-5,10-11H,6-9H2,1-3H3. The normalized spacial score (nSPS) is 41.9. The van der Waals surface area contributed by atoms with Gasteiger partial charge in [0.2, 0.25) is 10.0 Å². The van der Waals surface area contributed by atoms with E-state index in [4.69, 9.17) is 0 Å². The van der Waals surface area contributed by atoms with Crippen LogP contribution in [0.2, 0.25) is 0 Å². The average Bonchev–Trinajstić information content (AvgIpc) is 2.75. The minimum Gasteiger partial charge on any atom is -0.269 e. The number of carbonyl (C=O) groups excluding carboxylic acids is 1. The molecular formula is C14H21NO3S. The molecule has 2 aliphatic carbocycles. The van der Waals surface area contributed by atoms with Crippen LogP contribution in [0.5, 0.6) is 0 Å². The topological polar surface area (TPSA) is 54.5 Å². The molecule has 0 aromatic heterocycles. The molecule has 3 aliphatic rings. The Balaban J connectivity index is 2.09. The second-order valence-corrected chi connectivity index (χ2v) is 8.60. The summed E-state index contributed by atoms with van der Waals surface area (Å²) in [6.07, 6.45) is 5.87. The minimum atomic E-state index is -3.45. The van der Waals surface area contributed by atoms with Crippen LogP contribution in [0, 0.1) is 16.7 Å². The third kappa shape index (κ3) is 1.40. The zero-order chi connectivity index (χ0) is 14.1. The lowest BCUT2D eigenvalue weighted by Gasteiger charge is -2.36. The highest BCUT2D eigenvalue weighted by Crippen LogP contribution is 2.69. The Kier molecular flexibility index (Phi) is 2.51. The maximum atomic E-state index is 12.4. The van der Waals surface area contributed by atoms with Crippen molar-refractivity contribution in [2.45, 2.75) is 46.1 Å². The maximum Gasteiger partial charge on any atom is 0.259 e. The van der Waals surface area contributed by atoms with Gasteiger partial charge in [0, 0.05) is 5.41 Å². The van der Waals surface area contributed by atoms with Crippen molar-refractivity contribution >= 4 is 15.9 Å².